The van der Waals surface area contributed by atoms with Gasteiger partial charge in [-0.05, 0) is 45.9 Å². The van der Waals surface area contributed by atoms with Crippen LogP contribution in [0, 0.1) is 0 Å². The van der Waals surface area contributed by atoms with E-state index in [9.17, 15) is 4.79 Å². The molecule has 0 saturated heterocycles. The van der Waals surface area contributed by atoms with Crippen LogP contribution in [0.5, 0.6) is 0 Å². The lowest BCUT2D eigenvalue weighted by Gasteiger charge is -2.37. The fourth-order valence-corrected chi connectivity index (χ4v) is 2.26. The molecule has 0 aliphatic rings. The average molecular weight is 304 g/mol. The smallest absolute Gasteiger partial charge is 0.325 e. The fourth-order valence-electron chi connectivity index (χ4n) is 1.75. The van der Waals surface area contributed by atoms with Crippen LogP contribution in [-0.4, -0.2) is 24.7 Å². The van der Waals surface area contributed by atoms with Crippen molar-refractivity contribution in [1.82, 2.24) is 0 Å². The van der Waals surface area contributed by atoms with Crippen LogP contribution >= 0.6 is 23.2 Å². The number of ether oxygens (including phenoxy) is 1. The van der Waals surface area contributed by atoms with Crippen LogP contribution in [-0.2, 0) is 9.53 Å². The Morgan fingerprint density at radius 3 is 2.16 bits per heavy atom. The van der Waals surface area contributed by atoms with Gasteiger partial charge in [-0.2, -0.15) is 0 Å². The zero-order valence-electron chi connectivity index (χ0n) is 11.7. The summed E-state index contributed by atoms with van der Waals surface area (Å²) >= 11 is 12.0. The number of benzene rings is 1. The minimum atomic E-state index is -0.270. The van der Waals surface area contributed by atoms with Crippen molar-refractivity contribution in [2.24, 2.45) is 0 Å². The Balaban J connectivity index is 3.06. The van der Waals surface area contributed by atoms with Gasteiger partial charge in [0.05, 0.1) is 6.61 Å². The first-order chi connectivity index (χ1) is 8.74. The zero-order valence-corrected chi connectivity index (χ0v) is 13.2. The van der Waals surface area contributed by atoms with Gasteiger partial charge >= 0.3 is 5.97 Å². The Hall–Kier alpha value is -0.930. The molecule has 1 rings (SSSR count). The average Bonchev–Trinajstić information content (AvgIpc) is 2.23. The highest BCUT2D eigenvalue weighted by Crippen LogP contribution is 2.29. The number of hydrogen-bond acceptors (Lipinski definition) is 3. The van der Waals surface area contributed by atoms with Gasteiger partial charge in [0.25, 0.3) is 0 Å². The number of carbonyl (C=O) groups excluding carboxylic acids is 1. The number of anilines is 1. The first-order valence-corrected chi connectivity index (χ1v) is 6.89. The summed E-state index contributed by atoms with van der Waals surface area (Å²) in [5.74, 6) is -0.270. The fraction of sp³-hybridized carbons (Fsp3) is 0.500. The lowest BCUT2D eigenvalue weighted by molar-refractivity contribution is -0.141. The van der Waals surface area contributed by atoms with Gasteiger partial charge in [0.2, 0.25) is 0 Å². The third-order valence-electron chi connectivity index (χ3n) is 2.56. The molecule has 0 aliphatic heterocycles. The van der Waals surface area contributed by atoms with Gasteiger partial charge in [-0.3, -0.25) is 4.79 Å². The molecular weight excluding hydrogens is 285 g/mol. The van der Waals surface area contributed by atoms with Crippen molar-refractivity contribution in [1.29, 1.82) is 0 Å². The summed E-state index contributed by atoms with van der Waals surface area (Å²) in [7, 11) is 0. The highest BCUT2D eigenvalue weighted by molar-refractivity contribution is 6.35. The van der Waals surface area contributed by atoms with Crippen molar-refractivity contribution < 1.29 is 9.53 Å². The summed E-state index contributed by atoms with van der Waals surface area (Å²) < 4.78 is 5.00. The molecule has 106 valence electrons. The van der Waals surface area contributed by atoms with Crippen molar-refractivity contribution >= 4 is 34.9 Å². The maximum Gasteiger partial charge on any atom is 0.325 e. The summed E-state index contributed by atoms with van der Waals surface area (Å²) in [6.07, 6.45) is 0. The standard InChI is InChI=1S/C14H19Cl2NO2/c1-5-19-13(18)9-17(14(2,3)4)12-7-10(15)6-11(16)8-12/h6-8H,5,9H2,1-4H3. The first kappa shape index (κ1) is 16.1. The molecule has 0 amide bonds. The minimum absolute atomic E-state index is 0.161. The van der Waals surface area contributed by atoms with E-state index < -0.39 is 0 Å². The number of hydrogen-bond donors (Lipinski definition) is 0. The molecule has 5 heteroatoms. The normalized spacial score (nSPS) is 11.3. The molecule has 0 fully saturated rings. The maximum atomic E-state index is 11.7. The van der Waals surface area contributed by atoms with E-state index in [0.29, 0.717) is 16.7 Å². The number of esters is 1. The third-order valence-corrected chi connectivity index (χ3v) is 3.00. The topological polar surface area (TPSA) is 29.5 Å². The molecule has 3 nitrogen and oxygen atoms in total. The first-order valence-electron chi connectivity index (χ1n) is 6.13. The number of rotatable bonds is 4. The maximum absolute atomic E-state index is 11.7. The molecule has 0 N–H and O–H groups in total. The highest BCUT2D eigenvalue weighted by Gasteiger charge is 2.25. The Kier molecular flexibility index (Phi) is 5.50. The van der Waals surface area contributed by atoms with Gasteiger partial charge in [-0.1, -0.05) is 23.2 Å². The Labute approximate surface area is 124 Å². The van der Waals surface area contributed by atoms with Crippen molar-refractivity contribution in [3.63, 3.8) is 0 Å². The quantitative estimate of drug-likeness (QED) is 0.782. The monoisotopic (exact) mass is 303 g/mol. The highest BCUT2D eigenvalue weighted by atomic mass is 35.5. The number of halogens is 2. The largest absolute Gasteiger partial charge is 0.465 e. The SMILES string of the molecule is CCOC(=O)CN(c1cc(Cl)cc(Cl)c1)C(C)(C)C. The second-order valence-electron chi connectivity index (χ2n) is 5.19. The van der Waals surface area contributed by atoms with Crippen molar-refractivity contribution in [2.75, 3.05) is 18.1 Å². The lowest BCUT2D eigenvalue weighted by atomic mass is 10.0. The lowest BCUT2D eigenvalue weighted by Crippen LogP contribution is -2.45. The molecule has 0 aromatic heterocycles. The predicted octanol–water partition coefficient (Wildman–Crippen LogP) is 4.16. The van der Waals surface area contributed by atoms with Gasteiger partial charge in [0.15, 0.2) is 0 Å². The van der Waals surface area contributed by atoms with Crippen molar-refractivity contribution in [2.45, 2.75) is 33.2 Å². The summed E-state index contributed by atoms with van der Waals surface area (Å²) in [6.45, 7) is 8.36. The van der Waals surface area contributed by atoms with E-state index in [1.54, 1.807) is 25.1 Å². The molecule has 0 heterocycles. The molecule has 0 unspecified atom stereocenters. The molecule has 0 spiro atoms. The molecule has 0 aliphatic carbocycles. The van der Waals surface area contributed by atoms with Gasteiger partial charge in [-0.15, -0.1) is 0 Å². The van der Waals surface area contributed by atoms with Crippen LogP contribution in [0.4, 0.5) is 5.69 Å². The third kappa shape index (κ3) is 4.92. The van der Waals surface area contributed by atoms with Gasteiger partial charge < -0.3 is 9.64 Å². The predicted molar refractivity (Wildman–Crippen MR) is 80.2 cm³/mol. The minimum Gasteiger partial charge on any atom is -0.465 e. The second kappa shape index (κ2) is 6.49. The van der Waals surface area contributed by atoms with E-state index in [4.69, 9.17) is 27.9 Å². The molecule has 1 aromatic rings. The van der Waals surface area contributed by atoms with Gasteiger partial charge in [0.1, 0.15) is 6.54 Å². The molecule has 0 bridgehead atoms. The molecule has 1 aromatic carbocycles. The van der Waals surface area contributed by atoms with Crippen LogP contribution in [0.1, 0.15) is 27.7 Å². The van der Waals surface area contributed by atoms with Crippen LogP contribution in [0.2, 0.25) is 10.0 Å². The van der Waals surface area contributed by atoms with Crippen molar-refractivity contribution in [3.05, 3.63) is 28.2 Å². The van der Waals surface area contributed by atoms with Crippen LogP contribution < -0.4 is 4.90 Å². The number of nitrogens with zero attached hydrogens (tertiary/aromatic N) is 1. The zero-order chi connectivity index (χ0) is 14.6. The summed E-state index contributed by atoms with van der Waals surface area (Å²) in [5, 5.41) is 1.08. The van der Waals surface area contributed by atoms with Crippen LogP contribution in [0.15, 0.2) is 18.2 Å². The van der Waals surface area contributed by atoms with Crippen molar-refractivity contribution in [3.8, 4) is 0 Å². The Morgan fingerprint density at radius 2 is 1.74 bits per heavy atom. The van der Waals surface area contributed by atoms with E-state index >= 15 is 0 Å². The molecular formula is C14H19Cl2NO2. The molecule has 0 saturated carbocycles. The van der Waals surface area contributed by atoms with E-state index in [0.717, 1.165) is 5.69 Å². The van der Waals surface area contributed by atoms with E-state index in [-0.39, 0.29) is 18.1 Å². The Bertz CT molecular complexity index is 435. The molecule has 0 radical (unpaired) electrons. The van der Waals surface area contributed by atoms with E-state index in [1.807, 2.05) is 25.7 Å². The Morgan fingerprint density at radius 1 is 1.21 bits per heavy atom. The van der Waals surface area contributed by atoms with E-state index in [2.05, 4.69) is 0 Å². The second-order valence-corrected chi connectivity index (χ2v) is 6.06. The van der Waals surface area contributed by atoms with E-state index in [1.165, 1.54) is 0 Å². The van der Waals surface area contributed by atoms with Gasteiger partial charge in [-0.25, -0.2) is 0 Å². The summed E-state index contributed by atoms with van der Waals surface area (Å²) in [5.41, 5.74) is 0.555. The molecule has 0 atom stereocenters. The van der Waals surface area contributed by atoms with Crippen LogP contribution in [0.3, 0.4) is 0 Å². The summed E-state index contributed by atoms with van der Waals surface area (Å²) in [6, 6.07) is 5.24. The molecule has 19 heavy (non-hydrogen) atoms. The number of carbonyl (C=O) groups is 1. The van der Waals surface area contributed by atoms with Crippen LogP contribution in [0.25, 0.3) is 0 Å². The summed E-state index contributed by atoms with van der Waals surface area (Å²) in [4.78, 5) is 13.6. The van der Waals surface area contributed by atoms with Gasteiger partial charge in [0, 0.05) is 21.3 Å².